The van der Waals surface area contributed by atoms with Gasteiger partial charge in [-0.05, 0) is 30.8 Å². The van der Waals surface area contributed by atoms with Crippen molar-refractivity contribution in [2.45, 2.75) is 33.6 Å². The molecular formula is C11H20O. The van der Waals surface area contributed by atoms with Gasteiger partial charge in [0, 0.05) is 5.92 Å². The van der Waals surface area contributed by atoms with Gasteiger partial charge in [0.1, 0.15) is 0 Å². The van der Waals surface area contributed by atoms with Crippen LogP contribution >= 0.6 is 0 Å². The van der Waals surface area contributed by atoms with E-state index < -0.39 is 0 Å². The van der Waals surface area contributed by atoms with Crippen molar-refractivity contribution in [1.29, 1.82) is 0 Å². The first-order chi connectivity index (χ1) is 5.65. The molecule has 2 unspecified atom stereocenters. The Morgan fingerprint density at radius 1 is 1.42 bits per heavy atom. The highest BCUT2D eigenvalue weighted by Gasteiger charge is 2.24. The molecule has 1 rings (SSSR count). The van der Waals surface area contributed by atoms with E-state index in [2.05, 4.69) is 26.8 Å². The van der Waals surface area contributed by atoms with Crippen molar-refractivity contribution in [2.24, 2.45) is 17.8 Å². The lowest BCUT2D eigenvalue weighted by atomic mass is 9.81. The standard InChI is InChI=1S/C11H20O/c1-8(2)10-6-5-9(3)7-11(10)12-4/h7-10H,5-6H2,1-4H3. The zero-order valence-electron chi connectivity index (χ0n) is 8.63. The van der Waals surface area contributed by atoms with E-state index in [0.29, 0.717) is 17.8 Å². The van der Waals surface area contributed by atoms with Gasteiger partial charge < -0.3 is 4.74 Å². The molecule has 70 valence electrons. The Kier molecular flexibility index (Phi) is 3.19. The molecule has 0 fully saturated rings. The Morgan fingerprint density at radius 2 is 2.08 bits per heavy atom. The Balaban J connectivity index is 2.70. The van der Waals surface area contributed by atoms with Crippen LogP contribution in [0.3, 0.4) is 0 Å². The first-order valence-corrected chi connectivity index (χ1v) is 4.90. The lowest BCUT2D eigenvalue weighted by Crippen LogP contribution is -2.18. The minimum atomic E-state index is 0.659. The van der Waals surface area contributed by atoms with E-state index >= 15 is 0 Å². The molecule has 12 heavy (non-hydrogen) atoms. The minimum Gasteiger partial charge on any atom is -0.501 e. The molecule has 0 aliphatic heterocycles. The molecule has 0 aromatic carbocycles. The van der Waals surface area contributed by atoms with E-state index in [4.69, 9.17) is 4.74 Å². The smallest absolute Gasteiger partial charge is 0.0951 e. The molecule has 0 aromatic rings. The van der Waals surface area contributed by atoms with Gasteiger partial charge in [-0.25, -0.2) is 0 Å². The van der Waals surface area contributed by atoms with Gasteiger partial charge in [0.05, 0.1) is 12.9 Å². The van der Waals surface area contributed by atoms with Crippen LogP contribution in [0.25, 0.3) is 0 Å². The quantitative estimate of drug-likeness (QED) is 0.615. The molecule has 1 heteroatoms. The van der Waals surface area contributed by atoms with E-state index in [1.165, 1.54) is 18.6 Å². The van der Waals surface area contributed by atoms with Gasteiger partial charge in [0.25, 0.3) is 0 Å². The zero-order chi connectivity index (χ0) is 9.14. The predicted molar refractivity (Wildman–Crippen MR) is 51.8 cm³/mol. The molecule has 0 N–H and O–H groups in total. The molecule has 0 aromatic heterocycles. The van der Waals surface area contributed by atoms with Crippen molar-refractivity contribution < 1.29 is 4.74 Å². The van der Waals surface area contributed by atoms with Gasteiger partial charge in [-0.2, -0.15) is 0 Å². The average Bonchev–Trinajstić information content (AvgIpc) is 2.03. The summed E-state index contributed by atoms with van der Waals surface area (Å²) >= 11 is 0. The van der Waals surface area contributed by atoms with Gasteiger partial charge in [0.2, 0.25) is 0 Å². The number of hydrogen-bond donors (Lipinski definition) is 0. The van der Waals surface area contributed by atoms with E-state index in [9.17, 15) is 0 Å². The summed E-state index contributed by atoms with van der Waals surface area (Å²) in [5.41, 5.74) is 0. The molecule has 2 atom stereocenters. The van der Waals surface area contributed by atoms with E-state index in [1.807, 2.05) is 0 Å². The maximum atomic E-state index is 5.40. The fraction of sp³-hybridized carbons (Fsp3) is 0.818. The molecule has 0 heterocycles. The molecule has 0 spiro atoms. The summed E-state index contributed by atoms with van der Waals surface area (Å²) in [6, 6.07) is 0. The van der Waals surface area contributed by atoms with E-state index in [-0.39, 0.29) is 0 Å². The number of ether oxygens (including phenoxy) is 1. The van der Waals surface area contributed by atoms with Crippen LogP contribution < -0.4 is 0 Å². The van der Waals surface area contributed by atoms with Gasteiger partial charge in [-0.3, -0.25) is 0 Å². The molecule has 0 saturated heterocycles. The van der Waals surface area contributed by atoms with Crippen molar-refractivity contribution >= 4 is 0 Å². The fourth-order valence-electron chi connectivity index (χ4n) is 1.95. The predicted octanol–water partition coefficient (Wildman–Crippen LogP) is 3.22. The first-order valence-electron chi connectivity index (χ1n) is 4.90. The Bertz CT molecular complexity index is 170. The maximum absolute atomic E-state index is 5.40. The summed E-state index contributed by atoms with van der Waals surface area (Å²) in [6.07, 6.45) is 4.89. The highest BCUT2D eigenvalue weighted by Crippen LogP contribution is 2.33. The molecule has 1 nitrogen and oxygen atoms in total. The summed E-state index contributed by atoms with van der Waals surface area (Å²) in [4.78, 5) is 0. The highest BCUT2D eigenvalue weighted by atomic mass is 16.5. The van der Waals surface area contributed by atoms with Crippen molar-refractivity contribution in [1.82, 2.24) is 0 Å². The number of hydrogen-bond acceptors (Lipinski definition) is 1. The Morgan fingerprint density at radius 3 is 2.58 bits per heavy atom. The number of rotatable bonds is 2. The van der Waals surface area contributed by atoms with Crippen LogP contribution in [-0.4, -0.2) is 7.11 Å². The lowest BCUT2D eigenvalue weighted by Gasteiger charge is -2.28. The van der Waals surface area contributed by atoms with Gasteiger partial charge in [-0.15, -0.1) is 0 Å². The topological polar surface area (TPSA) is 9.23 Å². The van der Waals surface area contributed by atoms with Crippen LogP contribution in [0.4, 0.5) is 0 Å². The average molecular weight is 168 g/mol. The van der Waals surface area contributed by atoms with Crippen LogP contribution in [0.1, 0.15) is 33.6 Å². The van der Waals surface area contributed by atoms with Crippen molar-refractivity contribution in [3.63, 3.8) is 0 Å². The third-order valence-electron chi connectivity index (χ3n) is 2.79. The van der Waals surface area contributed by atoms with Crippen molar-refractivity contribution in [2.75, 3.05) is 7.11 Å². The number of allylic oxidation sites excluding steroid dienone is 2. The summed E-state index contributed by atoms with van der Waals surface area (Å²) in [5.74, 6) is 3.29. The third kappa shape index (κ3) is 2.02. The molecule has 0 radical (unpaired) electrons. The first kappa shape index (κ1) is 9.63. The monoisotopic (exact) mass is 168 g/mol. The maximum Gasteiger partial charge on any atom is 0.0951 e. The third-order valence-corrected chi connectivity index (χ3v) is 2.79. The summed E-state index contributed by atoms with van der Waals surface area (Å²) in [6.45, 7) is 6.80. The highest BCUT2D eigenvalue weighted by molar-refractivity contribution is 5.05. The largest absolute Gasteiger partial charge is 0.501 e. The van der Waals surface area contributed by atoms with Gasteiger partial charge >= 0.3 is 0 Å². The lowest BCUT2D eigenvalue weighted by molar-refractivity contribution is 0.187. The van der Waals surface area contributed by atoms with Crippen LogP contribution in [0.2, 0.25) is 0 Å². The normalized spacial score (nSPS) is 30.2. The second kappa shape index (κ2) is 3.97. The van der Waals surface area contributed by atoms with Crippen LogP contribution in [0.5, 0.6) is 0 Å². The van der Waals surface area contributed by atoms with E-state index in [0.717, 1.165) is 0 Å². The Labute approximate surface area is 75.8 Å². The molecule has 0 bridgehead atoms. The van der Waals surface area contributed by atoms with Crippen LogP contribution in [-0.2, 0) is 4.74 Å². The molecule has 0 saturated carbocycles. The Hall–Kier alpha value is -0.460. The minimum absolute atomic E-state index is 0.659. The molecule has 1 aliphatic carbocycles. The molecule has 1 aliphatic rings. The summed E-state index contributed by atoms with van der Waals surface area (Å²) in [7, 11) is 1.79. The second-order valence-electron chi connectivity index (χ2n) is 4.18. The second-order valence-corrected chi connectivity index (χ2v) is 4.18. The van der Waals surface area contributed by atoms with Gasteiger partial charge in [-0.1, -0.05) is 20.8 Å². The van der Waals surface area contributed by atoms with Crippen LogP contribution in [0.15, 0.2) is 11.8 Å². The summed E-state index contributed by atoms with van der Waals surface area (Å²) < 4.78 is 5.40. The SMILES string of the molecule is COC1=CC(C)CCC1C(C)C. The van der Waals surface area contributed by atoms with E-state index in [1.54, 1.807) is 7.11 Å². The van der Waals surface area contributed by atoms with Crippen molar-refractivity contribution in [3.8, 4) is 0 Å². The van der Waals surface area contributed by atoms with Crippen molar-refractivity contribution in [3.05, 3.63) is 11.8 Å². The molecular weight excluding hydrogens is 148 g/mol. The van der Waals surface area contributed by atoms with Gasteiger partial charge in [0.15, 0.2) is 0 Å². The summed E-state index contributed by atoms with van der Waals surface area (Å²) in [5, 5.41) is 0. The van der Waals surface area contributed by atoms with Crippen LogP contribution in [0, 0.1) is 17.8 Å². The molecule has 0 amide bonds. The zero-order valence-corrected chi connectivity index (χ0v) is 8.63. The number of methoxy groups -OCH3 is 1. The fourth-order valence-corrected chi connectivity index (χ4v) is 1.95.